The van der Waals surface area contributed by atoms with Gasteiger partial charge in [0.05, 0.1) is 0 Å². The number of fused-ring (bicyclic) bond motifs is 1. The van der Waals surface area contributed by atoms with E-state index in [0.29, 0.717) is 18.3 Å². The quantitative estimate of drug-likeness (QED) is 0.656. The largest absolute Gasteiger partial charge is 0.454 e. The molecule has 0 saturated heterocycles. The third-order valence-electron chi connectivity index (χ3n) is 4.64. The molecule has 0 atom stereocenters. The van der Waals surface area contributed by atoms with Crippen LogP contribution in [0.4, 0.5) is 11.5 Å². The SMILES string of the molecule is CC(C)c1ccccc1NC(=O)c1ccc(NCc2ccc3c(c2)OCO3)nn1. The van der Waals surface area contributed by atoms with Crippen LogP contribution in [0, 0.1) is 0 Å². The van der Waals surface area contributed by atoms with Crippen LogP contribution >= 0.6 is 0 Å². The molecule has 1 aliphatic heterocycles. The molecular weight excluding hydrogens is 368 g/mol. The lowest BCUT2D eigenvalue weighted by Gasteiger charge is -2.13. The Hall–Kier alpha value is -3.61. The molecule has 0 radical (unpaired) electrons. The van der Waals surface area contributed by atoms with Crippen LogP contribution in [0.1, 0.15) is 41.4 Å². The lowest BCUT2D eigenvalue weighted by atomic mass is 10.0. The molecule has 1 amide bonds. The standard InChI is InChI=1S/C22H22N4O3/c1-14(2)16-5-3-4-6-17(16)24-22(27)18-8-10-21(26-25-18)23-12-15-7-9-19-20(11-15)29-13-28-19/h3-11,14H,12-13H2,1-2H3,(H,23,26)(H,24,27). The number of benzene rings is 2. The van der Waals surface area contributed by atoms with Crippen LogP contribution in [-0.2, 0) is 6.54 Å². The molecular formula is C22H22N4O3. The van der Waals surface area contributed by atoms with Crippen molar-refractivity contribution in [3.05, 3.63) is 71.4 Å². The van der Waals surface area contributed by atoms with Gasteiger partial charge in [0, 0.05) is 12.2 Å². The van der Waals surface area contributed by atoms with Crippen molar-refractivity contribution in [2.75, 3.05) is 17.4 Å². The minimum atomic E-state index is -0.284. The minimum absolute atomic E-state index is 0.253. The smallest absolute Gasteiger partial charge is 0.276 e. The van der Waals surface area contributed by atoms with Gasteiger partial charge in [0.25, 0.3) is 5.91 Å². The summed E-state index contributed by atoms with van der Waals surface area (Å²) in [7, 11) is 0. The molecule has 1 aliphatic rings. The first-order chi connectivity index (χ1) is 14.1. The molecule has 4 rings (SSSR count). The average Bonchev–Trinajstić information content (AvgIpc) is 3.21. The van der Waals surface area contributed by atoms with E-state index >= 15 is 0 Å². The first-order valence-electron chi connectivity index (χ1n) is 9.46. The molecule has 7 nitrogen and oxygen atoms in total. The Balaban J connectivity index is 1.38. The zero-order chi connectivity index (χ0) is 20.2. The first-order valence-corrected chi connectivity index (χ1v) is 9.46. The second-order valence-electron chi connectivity index (χ2n) is 7.04. The molecule has 0 aliphatic carbocycles. The van der Waals surface area contributed by atoms with Gasteiger partial charge in [-0.15, -0.1) is 10.2 Å². The summed E-state index contributed by atoms with van der Waals surface area (Å²) >= 11 is 0. The van der Waals surface area contributed by atoms with E-state index in [0.717, 1.165) is 28.3 Å². The number of anilines is 2. The van der Waals surface area contributed by atoms with Gasteiger partial charge in [-0.05, 0) is 47.4 Å². The molecule has 29 heavy (non-hydrogen) atoms. The first kappa shape index (κ1) is 18.7. The zero-order valence-corrected chi connectivity index (χ0v) is 16.3. The molecule has 0 bridgehead atoms. The van der Waals surface area contributed by atoms with E-state index in [-0.39, 0.29) is 18.4 Å². The van der Waals surface area contributed by atoms with Crippen molar-refractivity contribution in [3.63, 3.8) is 0 Å². The second kappa shape index (κ2) is 8.18. The molecule has 1 aromatic heterocycles. The predicted molar refractivity (Wildman–Crippen MR) is 110 cm³/mol. The Morgan fingerprint density at radius 2 is 1.86 bits per heavy atom. The summed E-state index contributed by atoms with van der Waals surface area (Å²) in [6.07, 6.45) is 0. The van der Waals surface area contributed by atoms with Gasteiger partial charge in [0.1, 0.15) is 5.82 Å². The van der Waals surface area contributed by atoms with E-state index in [1.165, 1.54) is 0 Å². The van der Waals surface area contributed by atoms with E-state index in [9.17, 15) is 4.79 Å². The van der Waals surface area contributed by atoms with Crippen molar-refractivity contribution in [3.8, 4) is 11.5 Å². The molecule has 0 saturated carbocycles. The summed E-state index contributed by atoms with van der Waals surface area (Å²) in [6.45, 7) is 4.98. The van der Waals surface area contributed by atoms with Crippen molar-refractivity contribution in [1.29, 1.82) is 0 Å². The number of rotatable bonds is 6. The molecule has 2 aromatic carbocycles. The molecule has 0 spiro atoms. The van der Waals surface area contributed by atoms with Crippen LogP contribution in [0.25, 0.3) is 0 Å². The Bertz CT molecular complexity index is 1020. The number of amides is 1. The molecule has 148 valence electrons. The van der Waals surface area contributed by atoms with Crippen LogP contribution < -0.4 is 20.1 Å². The Morgan fingerprint density at radius 3 is 2.66 bits per heavy atom. The lowest BCUT2D eigenvalue weighted by molar-refractivity contribution is 0.102. The normalized spacial score (nSPS) is 12.1. The number of hydrogen-bond donors (Lipinski definition) is 2. The Labute approximate surface area is 169 Å². The van der Waals surface area contributed by atoms with Crippen LogP contribution in [0.3, 0.4) is 0 Å². The maximum Gasteiger partial charge on any atom is 0.276 e. The topological polar surface area (TPSA) is 85.4 Å². The van der Waals surface area contributed by atoms with Gasteiger partial charge in [-0.2, -0.15) is 0 Å². The van der Waals surface area contributed by atoms with Gasteiger partial charge >= 0.3 is 0 Å². The summed E-state index contributed by atoms with van der Waals surface area (Å²) in [4.78, 5) is 12.5. The number of aromatic nitrogens is 2. The fraction of sp³-hybridized carbons (Fsp3) is 0.227. The van der Waals surface area contributed by atoms with Gasteiger partial charge < -0.3 is 20.1 Å². The molecule has 0 fully saturated rings. The highest BCUT2D eigenvalue weighted by Gasteiger charge is 2.14. The van der Waals surface area contributed by atoms with Crippen LogP contribution in [0.15, 0.2) is 54.6 Å². The third-order valence-corrected chi connectivity index (χ3v) is 4.64. The number of ether oxygens (including phenoxy) is 2. The highest BCUT2D eigenvalue weighted by Crippen LogP contribution is 2.32. The Kier molecular flexibility index (Phi) is 5.29. The molecule has 2 N–H and O–H groups in total. The van der Waals surface area contributed by atoms with Gasteiger partial charge in [0.15, 0.2) is 17.2 Å². The number of nitrogens with zero attached hydrogens (tertiary/aromatic N) is 2. The predicted octanol–water partition coefficient (Wildman–Crippen LogP) is 4.19. The van der Waals surface area contributed by atoms with Crippen molar-refractivity contribution >= 4 is 17.4 Å². The number of para-hydroxylation sites is 1. The summed E-state index contributed by atoms with van der Waals surface area (Å²) < 4.78 is 10.7. The molecule has 0 unspecified atom stereocenters. The highest BCUT2D eigenvalue weighted by molar-refractivity contribution is 6.03. The molecule has 3 aromatic rings. The van der Waals surface area contributed by atoms with Crippen molar-refractivity contribution in [1.82, 2.24) is 10.2 Å². The molecule has 2 heterocycles. The number of hydrogen-bond acceptors (Lipinski definition) is 6. The fourth-order valence-electron chi connectivity index (χ4n) is 3.09. The van der Waals surface area contributed by atoms with E-state index in [1.54, 1.807) is 12.1 Å². The maximum atomic E-state index is 12.5. The van der Waals surface area contributed by atoms with Crippen LogP contribution in [-0.4, -0.2) is 22.9 Å². The van der Waals surface area contributed by atoms with Crippen molar-refractivity contribution in [2.45, 2.75) is 26.3 Å². The number of carbonyl (C=O) groups is 1. The zero-order valence-electron chi connectivity index (χ0n) is 16.3. The fourth-order valence-corrected chi connectivity index (χ4v) is 3.09. The van der Waals surface area contributed by atoms with E-state index < -0.39 is 0 Å². The van der Waals surface area contributed by atoms with E-state index in [1.807, 2.05) is 42.5 Å². The van der Waals surface area contributed by atoms with E-state index in [4.69, 9.17) is 9.47 Å². The van der Waals surface area contributed by atoms with Crippen molar-refractivity contribution < 1.29 is 14.3 Å². The third kappa shape index (κ3) is 4.29. The summed E-state index contributed by atoms with van der Waals surface area (Å²) in [5, 5.41) is 14.3. The van der Waals surface area contributed by atoms with E-state index in [2.05, 4.69) is 34.7 Å². The second-order valence-corrected chi connectivity index (χ2v) is 7.04. The number of carbonyl (C=O) groups excluding carboxylic acids is 1. The summed E-state index contributed by atoms with van der Waals surface area (Å²) in [6, 6.07) is 16.9. The van der Waals surface area contributed by atoms with Crippen LogP contribution in [0.2, 0.25) is 0 Å². The Morgan fingerprint density at radius 1 is 1.03 bits per heavy atom. The monoisotopic (exact) mass is 390 g/mol. The van der Waals surface area contributed by atoms with Gasteiger partial charge in [0.2, 0.25) is 6.79 Å². The average molecular weight is 390 g/mol. The molecule has 7 heteroatoms. The van der Waals surface area contributed by atoms with Gasteiger partial charge in [-0.1, -0.05) is 38.1 Å². The maximum absolute atomic E-state index is 12.5. The van der Waals surface area contributed by atoms with Gasteiger partial charge in [-0.3, -0.25) is 4.79 Å². The lowest BCUT2D eigenvalue weighted by Crippen LogP contribution is -2.16. The number of nitrogens with one attached hydrogen (secondary N) is 2. The highest BCUT2D eigenvalue weighted by atomic mass is 16.7. The van der Waals surface area contributed by atoms with Gasteiger partial charge in [-0.25, -0.2) is 0 Å². The van der Waals surface area contributed by atoms with Crippen LogP contribution in [0.5, 0.6) is 11.5 Å². The minimum Gasteiger partial charge on any atom is -0.454 e. The summed E-state index contributed by atoms with van der Waals surface area (Å²) in [5.74, 6) is 2.10. The van der Waals surface area contributed by atoms with Crippen molar-refractivity contribution in [2.24, 2.45) is 0 Å². The summed E-state index contributed by atoms with van der Waals surface area (Å²) in [5.41, 5.74) is 3.16.